The normalized spacial score (nSPS) is 16.7. The van der Waals surface area contributed by atoms with Crippen molar-refractivity contribution in [1.82, 2.24) is 10.6 Å². The molecule has 3 N–H and O–H groups in total. The molecule has 0 saturated carbocycles. The van der Waals surface area contributed by atoms with E-state index in [2.05, 4.69) is 16.0 Å². The molecule has 22 heavy (non-hydrogen) atoms. The average Bonchev–Trinajstić information content (AvgIpc) is 2.50. The molecule has 6 nitrogen and oxygen atoms in total. The highest BCUT2D eigenvalue weighted by atomic mass is 16.2. The lowest BCUT2D eigenvalue weighted by Crippen LogP contribution is -2.40. The van der Waals surface area contributed by atoms with Crippen LogP contribution in [0.15, 0.2) is 24.3 Å². The van der Waals surface area contributed by atoms with Crippen molar-refractivity contribution in [2.24, 2.45) is 5.92 Å². The molecule has 2 rings (SSSR count). The van der Waals surface area contributed by atoms with E-state index in [1.807, 2.05) is 32.0 Å². The van der Waals surface area contributed by atoms with E-state index in [4.69, 9.17) is 0 Å². The third-order valence-corrected chi connectivity index (χ3v) is 3.56. The molecule has 0 fully saturated rings. The van der Waals surface area contributed by atoms with Crippen LogP contribution in [-0.2, 0) is 14.4 Å². The summed E-state index contributed by atoms with van der Waals surface area (Å²) in [7, 11) is 0. The molecular weight excluding hydrogens is 282 g/mol. The zero-order valence-corrected chi connectivity index (χ0v) is 12.8. The van der Waals surface area contributed by atoms with Crippen molar-refractivity contribution in [2.75, 3.05) is 18.4 Å². The fourth-order valence-electron chi connectivity index (χ4n) is 2.34. The number of para-hydroxylation sites is 1. The predicted molar refractivity (Wildman–Crippen MR) is 83.3 cm³/mol. The van der Waals surface area contributed by atoms with Crippen molar-refractivity contribution in [2.45, 2.75) is 26.2 Å². The van der Waals surface area contributed by atoms with Crippen molar-refractivity contribution in [3.63, 3.8) is 0 Å². The van der Waals surface area contributed by atoms with Crippen LogP contribution >= 0.6 is 0 Å². The van der Waals surface area contributed by atoms with Crippen molar-refractivity contribution in [3.8, 4) is 0 Å². The quantitative estimate of drug-likeness (QED) is 0.709. The fraction of sp³-hybridized carbons (Fsp3) is 0.438. The van der Waals surface area contributed by atoms with E-state index in [0.29, 0.717) is 18.8 Å². The number of benzene rings is 1. The third-order valence-electron chi connectivity index (χ3n) is 3.56. The molecule has 1 aliphatic heterocycles. The summed E-state index contributed by atoms with van der Waals surface area (Å²) >= 11 is 0. The molecule has 1 atom stereocenters. The first kappa shape index (κ1) is 16.0. The van der Waals surface area contributed by atoms with Gasteiger partial charge in [0, 0.05) is 31.1 Å². The molecule has 6 heteroatoms. The molecule has 0 saturated heterocycles. The van der Waals surface area contributed by atoms with Gasteiger partial charge in [0.2, 0.25) is 17.7 Å². The Morgan fingerprint density at radius 3 is 2.64 bits per heavy atom. The van der Waals surface area contributed by atoms with Crippen LogP contribution in [0.25, 0.3) is 0 Å². The molecule has 1 aliphatic rings. The lowest BCUT2D eigenvalue weighted by atomic mass is 9.90. The summed E-state index contributed by atoms with van der Waals surface area (Å²) in [4.78, 5) is 35.4. The van der Waals surface area contributed by atoms with E-state index in [1.165, 1.54) is 0 Å². The Hall–Kier alpha value is -2.37. The van der Waals surface area contributed by atoms with Gasteiger partial charge in [-0.3, -0.25) is 14.4 Å². The van der Waals surface area contributed by atoms with Gasteiger partial charge >= 0.3 is 0 Å². The minimum atomic E-state index is -0.481. The van der Waals surface area contributed by atoms with Gasteiger partial charge in [-0.25, -0.2) is 0 Å². The summed E-state index contributed by atoms with van der Waals surface area (Å²) in [5, 5.41) is 8.27. The van der Waals surface area contributed by atoms with Gasteiger partial charge in [0.1, 0.15) is 0 Å². The van der Waals surface area contributed by atoms with Crippen LogP contribution in [0, 0.1) is 5.92 Å². The molecule has 0 bridgehead atoms. The molecular formula is C16H21N3O3. The van der Waals surface area contributed by atoms with Crippen LogP contribution in [0.5, 0.6) is 0 Å². The largest absolute Gasteiger partial charge is 0.354 e. The Bertz CT molecular complexity index is 584. The molecule has 1 aromatic carbocycles. The van der Waals surface area contributed by atoms with Gasteiger partial charge in [-0.15, -0.1) is 0 Å². The van der Waals surface area contributed by atoms with E-state index < -0.39 is 5.92 Å². The molecule has 0 radical (unpaired) electrons. The van der Waals surface area contributed by atoms with E-state index in [0.717, 1.165) is 5.56 Å². The van der Waals surface area contributed by atoms with E-state index in [-0.39, 0.29) is 30.1 Å². The zero-order valence-electron chi connectivity index (χ0n) is 12.8. The van der Waals surface area contributed by atoms with E-state index in [9.17, 15) is 14.4 Å². The Labute approximate surface area is 129 Å². The maximum absolute atomic E-state index is 12.3. The molecule has 1 heterocycles. The van der Waals surface area contributed by atoms with Crippen LogP contribution < -0.4 is 16.0 Å². The van der Waals surface area contributed by atoms with Crippen LogP contribution in [-0.4, -0.2) is 30.8 Å². The molecule has 0 unspecified atom stereocenters. The van der Waals surface area contributed by atoms with Gasteiger partial charge < -0.3 is 16.0 Å². The highest BCUT2D eigenvalue weighted by Crippen LogP contribution is 2.31. The summed E-state index contributed by atoms with van der Waals surface area (Å²) in [5.41, 5.74) is 1.51. The summed E-state index contributed by atoms with van der Waals surface area (Å²) in [6.07, 6.45) is 0.140. The van der Waals surface area contributed by atoms with Gasteiger partial charge in [-0.05, 0) is 11.6 Å². The number of carbonyl (C=O) groups is 3. The molecule has 0 aromatic heterocycles. The second kappa shape index (κ2) is 7.06. The topological polar surface area (TPSA) is 87.3 Å². The molecule has 1 aromatic rings. The molecule has 0 spiro atoms. The third kappa shape index (κ3) is 3.84. The van der Waals surface area contributed by atoms with E-state index in [1.54, 1.807) is 6.07 Å². The zero-order chi connectivity index (χ0) is 16.1. The first-order valence-corrected chi connectivity index (χ1v) is 7.43. The maximum atomic E-state index is 12.3. The number of nitrogens with one attached hydrogen (secondary N) is 3. The SMILES string of the molecule is CC(C)C(=O)NCCNC(=O)[C@H]1CC(=O)Nc2ccccc21. The fourth-order valence-corrected chi connectivity index (χ4v) is 2.34. The summed E-state index contributed by atoms with van der Waals surface area (Å²) in [6.45, 7) is 4.35. The Balaban J connectivity index is 1.90. The summed E-state index contributed by atoms with van der Waals surface area (Å²) in [5.74, 6) is -0.958. The second-order valence-electron chi connectivity index (χ2n) is 5.63. The minimum Gasteiger partial charge on any atom is -0.354 e. The highest BCUT2D eigenvalue weighted by Gasteiger charge is 2.30. The summed E-state index contributed by atoms with van der Waals surface area (Å²) < 4.78 is 0. The molecule has 0 aliphatic carbocycles. The van der Waals surface area contributed by atoms with Crippen molar-refractivity contribution in [3.05, 3.63) is 29.8 Å². The molecule has 3 amide bonds. The lowest BCUT2D eigenvalue weighted by molar-refractivity contribution is -0.126. The monoisotopic (exact) mass is 303 g/mol. The second-order valence-corrected chi connectivity index (χ2v) is 5.63. The minimum absolute atomic E-state index is 0.0448. The smallest absolute Gasteiger partial charge is 0.228 e. The van der Waals surface area contributed by atoms with Crippen molar-refractivity contribution < 1.29 is 14.4 Å². The number of hydrogen-bond donors (Lipinski definition) is 3. The predicted octanol–water partition coefficient (Wildman–Crippen LogP) is 1.00. The van der Waals surface area contributed by atoms with Crippen LogP contribution in [0.1, 0.15) is 31.7 Å². The van der Waals surface area contributed by atoms with Crippen LogP contribution in [0.2, 0.25) is 0 Å². The maximum Gasteiger partial charge on any atom is 0.228 e. The van der Waals surface area contributed by atoms with Crippen LogP contribution in [0.3, 0.4) is 0 Å². The van der Waals surface area contributed by atoms with Gasteiger partial charge in [-0.2, -0.15) is 0 Å². The Kier molecular flexibility index (Phi) is 5.14. The van der Waals surface area contributed by atoms with E-state index >= 15 is 0 Å². The number of anilines is 1. The van der Waals surface area contributed by atoms with Gasteiger partial charge in [0.05, 0.1) is 5.92 Å². The van der Waals surface area contributed by atoms with Gasteiger partial charge in [0.15, 0.2) is 0 Å². The lowest BCUT2D eigenvalue weighted by Gasteiger charge is -2.24. The van der Waals surface area contributed by atoms with Gasteiger partial charge in [-0.1, -0.05) is 32.0 Å². The Morgan fingerprint density at radius 2 is 1.91 bits per heavy atom. The van der Waals surface area contributed by atoms with Crippen molar-refractivity contribution >= 4 is 23.4 Å². The number of amides is 3. The van der Waals surface area contributed by atoms with Crippen LogP contribution in [0.4, 0.5) is 5.69 Å². The van der Waals surface area contributed by atoms with Gasteiger partial charge in [0.25, 0.3) is 0 Å². The average molecular weight is 303 g/mol. The standard InChI is InChI=1S/C16H21N3O3/c1-10(2)15(21)17-7-8-18-16(22)12-9-14(20)19-13-6-4-3-5-11(12)13/h3-6,10,12H,7-9H2,1-2H3,(H,17,21)(H,18,22)(H,19,20)/t12-/m0/s1. The summed E-state index contributed by atoms with van der Waals surface area (Å²) in [6, 6.07) is 7.30. The number of hydrogen-bond acceptors (Lipinski definition) is 3. The first-order chi connectivity index (χ1) is 10.5. The molecule has 118 valence electrons. The Morgan fingerprint density at radius 1 is 1.23 bits per heavy atom. The number of rotatable bonds is 5. The highest BCUT2D eigenvalue weighted by molar-refractivity contribution is 6.01. The first-order valence-electron chi connectivity index (χ1n) is 7.43. The number of carbonyl (C=O) groups excluding carboxylic acids is 3. The number of fused-ring (bicyclic) bond motifs is 1. The van der Waals surface area contributed by atoms with Crippen molar-refractivity contribution in [1.29, 1.82) is 0 Å².